The number of ether oxygens (including phenoxy) is 1. The lowest BCUT2D eigenvalue weighted by molar-refractivity contribution is -0.136. The molecular formula is C14H14BrNO2. The maximum absolute atomic E-state index is 11.3. The van der Waals surface area contributed by atoms with Gasteiger partial charge in [0.25, 0.3) is 0 Å². The fourth-order valence-electron chi connectivity index (χ4n) is 1.81. The average Bonchev–Trinajstić information content (AvgIpc) is 2.77. The molecule has 0 unspecified atom stereocenters. The van der Waals surface area contributed by atoms with Crippen LogP contribution in [0.15, 0.2) is 46.6 Å². The first-order chi connectivity index (χ1) is 8.61. The Morgan fingerprint density at radius 1 is 1.44 bits per heavy atom. The standard InChI is InChI=1S/C14H14BrNO2/c1-10(14(17)18-2)5-7-16-8-6-11-9-12(15)3-4-13(11)16/h3-6,8-9H,7H2,1-2H3. The highest BCUT2D eigenvalue weighted by atomic mass is 79.9. The van der Waals surface area contributed by atoms with E-state index in [9.17, 15) is 4.79 Å². The summed E-state index contributed by atoms with van der Waals surface area (Å²) in [6.45, 7) is 2.42. The molecule has 0 radical (unpaired) electrons. The van der Waals surface area contributed by atoms with Crippen LogP contribution in [0.5, 0.6) is 0 Å². The molecule has 0 N–H and O–H groups in total. The zero-order valence-electron chi connectivity index (χ0n) is 10.3. The van der Waals surface area contributed by atoms with Gasteiger partial charge in [0.2, 0.25) is 0 Å². The number of allylic oxidation sites excluding steroid dienone is 1. The van der Waals surface area contributed by atoms with Gasteiger partial charge in [-0.2, -0.15) is 0 Å². The summed E-state index contributed by atoms with van der Waals surface area (Å²) in [4.78, 5) is 11.3. The minimum absolute atomic E-state index is 0.283. The number of nitrogens with zero attached hydrogens (tertiary/aromatic N) is 1. The molecule has 0 fully saturated rings. The molecule has 0 atom stereocenters. The Hall–Kier alpha value is -1.55. The maximum Gasteiger partial charge on any atom is 0.333 e. The lowest BCUT2D eigenvalue weighted by Crippen LogP contribution is -2.03. The van der Waals surface area contributed by atoms with Gasteiger partial charge in [-0.15, -0.1) is 0 Å². The van der Waals surface area contributed by atoms with Crippen LogP contribution >= 0.6 is 15.9 Å². The van der Waals surface area contributed by atoms with Crippen molar-refractivity contribution in [1.29, 1.82) is 0 Å². The van der Waals surface area contributed by atoms with Gasteiger partial charge in [0.05, 0.1) is 7.11 Å². The number of esters is 1. The molecule has 0 amide bonds. The summed E-state index contributed by atoms with van der Waals surface area (Å²) in [5, 5.41) is 1.17. The number of fused-ring (bicyclic) bond motifs is 1. The van der Waals surface area contributed by atoms with Crippen molar-refractivity contribution in [1.82, 2.24) is 4.57 Å². The summed E-state index contributed by atoms with van der Waals surface area (Å²) in [5.74, 6) is -0.283. The van der Waals surface area contributed by atoms with Gasteiger partial charge in [-0.05, 0) is 31.2 Å². The third kappa shape index (κ3) is 2.64. The van der Waals surface area contributed by atoms with Crippen molar-refractivity contribution in [3.05, 3.63) is 46.6 Å². The monoisotopic (exact) mass is 307 g/mol. The molecule has 3 nitrogen and oxygen atoms in total. The van der Waals surface area contributed by atoms with Crippen molar-refractivity contribution in [2.75, 3.05) is 7.11 Å². The van der Waals surface area contributed by atoms with Crippen LogP contribution in [0.25, 0.3) is 10.9 Å². The Bertz CT molecular complexity index is 613. The van der Waals surface area contributed by atoms with Crippen LogP contribution in [0, 0.1) is 0 Å². The number of halogens is 1. The van der Waals surface area contributed by atoms with Gasteiger partial charge in [-0.3, -0.25) is 0 Å². The fourth-order valence-corrected chi connectivity index (χ4v) is 2.19. The van der Waals surface area contributed by atoms with Crippen LogP contribution in [0.2, 0.25) is 0 Å². The Labute approximate surface area is 114 Å². The van der Waals surface area contributed by atoms with Gasteiger partial charge in [0.15, 0.2) is 0 Å². The van der Waals surface area contributed by atoms with E-state index >= 15 is 0 Å². The predicted molar refractivity (Wildman–Crippen MR) is 75.4 cm³/mol. The molecule has 4 heteroatoms. The first kappa shape index (κ1) is 12.9. The van der Waals surface area contributed by atoms with E-state index in [1.807, 2.05) is 18.3 Å². The zero-order chi connectivity index (χ0) is 13.1. The lowest BCUT2D eigenvalue weighted by Gasteiger charge is -2.03. The number of aromatic nitrogens is 1. The molecule has 1 aromatic carbocycles. The zero-order valence-corrected chi connectivity index (χ0v) is 11.9. The molecule has 94 valence electrons. The van der Waals surface area contributed by atoms with E-state index in [4.69, 9.17) is 0 Å². The van der Waals surface area contributed by atoms with Crippen LogP contribution in [0.3, 0.4) is 0 Å². The highest BCUT2D eigenvalue weighted by Gasteiger charge is 2.04. The fraction of sp³-hybridized carbons (Fsp3) is 0.214. The molecule has 1 heterocycles. The summed E-state index contributed by atoms with van der Waals surface area (Å²) >= 11 is 3.45. The van der Waals surface area contributed by atoms with Crippen molar-refractivity contribution in [3.8, 4) is 0 Å². The minimum atomic E-state index is -0.283. The molecule has 0 spiro atoms. The summed E-state index contributed by atoms with van der Waals surface area (Å²) in [6.07, 6.45) is 3.88. The summed E-state index contributed by atoms with van der Waals surface area (Å²) in [7, 11) is 1.39. The van der Waals surface area contributed by atoms with Crippen molar-refractivity contribution in [2.24, 2.45) is 0 Å². The number of carbonyl (C=O) groups is 1. The van der Waals surface area contributed by atoms with E-state index in [1.165, 1.54) is 12.5 Å². The van der Waals surface area contributed by atoms with Gasteiger partial charge in [-0.1, -0.05) is 22.0 Å². The predicted octanol–water partition coefficient (Wildman–Crippen LogP) is 3.52. The second kappa shape index (κ2) is 5.40. The largest absolute Gasteiger partial charge is 0.466 e. The molecule has 2 rings (SSSR count). The normalized spacial score (nSPS) is 11.8. The third-order valence-corrected chi connectivity index (χ3v) is 3.33. The van der Waals surface area contributed by atoms with Crippen molar-refractivity contribution in [2.45, 2.75) is 13.5 Å². The Morgan fingerprint density at radius 2 is 2.22 bits per heavy atom. The van der Waals surface area contributed by atoms with E-state index in [2.05, 4.69) is 43.4 Å². The van der Waals surface area contributed by atoms with Crippen molar-refractivity contribution in [3.63, 3.8) is 0 Å². The molecular weight excluding hydrogens is 294 g/mol. The average molecular weight is 308 g/mol. The summed E-state index contributed by atoms with van der Waals surface area (Å²) in [5.41, 5.74) is 1.77. The second-order valence-corrected chi connectivity index (χ2v) is 4.97. The molecule has 18 heavy (non-hydrogen) atoms. The Balaban J connectivity index is 2.25. The maximum atomic E-state index is 11.3. The highest BCUT2D eigenvalue weighted by Crippen LogP contribution is 2.21. The van der Waals surface area contributed by atoms with Crippen LogP contribution in [0.1, 0.15) is 6.92 Å². The number of methoxy groups -OCH3 is 1. The lowest BCUT2D eigenvalue weighted by atomic mass is 10.2. The van der Waals surface area contributed by atoms with Crippen LogP contribution < -0.4 is 0 Å². The summed E-state index contributed by atoms with van der Waals surface area (Å²) < 4.78 is 7.82. The first-order valence-electron chi connectivity index (χ1n) is 5.61. The first-order valence-corrected chi connectivity index (χ1v) is 6.40. The third-order valence-electron chi connectivity index (χ3n) is 2.83. The topological polar surface area (TPSA) is 31.2 Å². The molecule has 2 aromatic rings. The number of rotatable bonds is 3. The number of hydrogen-bond acceptors (Lipinski definition) is 2. The van der Waals surface area contributed by atoms with Crippen molar-refractivity contribution >= 4 is 32.8 Å². The molecule has 0 saturated carbocycles. The molecule has 0 aliphatic rings. The van der Waals surface area contributed by atoms with Crippen molar-refractivity contribution < 1.29 is 9.53 Å². The molecule has 0 bridgehead atoms. The molecule has 0 saturated heterocycles. The van der Waals surface area contributed by atoms with Gasteiger partial charge in [-0.25, -0.2) is 4.79 Å². The van der Waals surface area contributed by atoms with Crippen LogP contribution in [-0.4, -0.2) is 17.6 Å². The van der Waals surface area contributed by atoms with E-state index in [1.54, 1.807) is 6.92 Å². The SMILES string of the molecule is COC(=O)C(C)=CCn1ccc2cc(Br)ccc21. The quantitative estimate of drug-likeness (QED) is 0.642. The number of carbonyl (C=O) groups excluding carboxylic acids is 1. The van der Waals surface area contributed by atoms with Gasteiger partial charge in [0, 0.05) is 33.7 Å². The molecule has 1 aromatic heterocycles. The smallest absolute Gasteiger partial charge is 0.333 e. The van der Waals surface area contributed by atoms with E-state index in [-0.39, 0.29) is 5.97 Å². The number of benzene rings is 1. The van der Waals surface area contributed by atoms with E-state index < -0.39 is 0 Å². The minimum Gasteiger partial charge on any atom is -0.466 e. The second-order valence-electron chi connectivity index (χ2n) is 4.05. The van der Waals surface area contributed by atoms with E-state index in [0.717, 1.165) is 9.99 Å². The molecule has 0 aliphatic carbocycles. The number of hydrogen-bond donors (Lipinski definition) is 0. The van der Waals surface area contributed by atoms with Crippen LogP contribution in [-0.2, 0) is 16.1 Å². The van der Waals surface area contributed by atoms with Gasteiger partial charge < -0.3 is 9.30 Å². The van der Waals surface area contributed by atoms with Crippen LogP contribution in [0.4, 0.5) is 0 Å². The van der Waals surface area contributed by atoms with Gasteiger partial charge in [0.1, 0.15) is 0 Å². The van der Waals surface area contributed by atoms with Gasteiger partial charge >= 0.3 is 5.97 Å². The summed E-state index contributed by atoms with van der Waals surface area (Å²) in [6, 6.07) is 8.20. The Kier molecular flexibility index (Phi) is 3.87. The Morgan fingerprint density at radius 3 is 2.94 bits per heavy atom. The van der Waals surface area contributed by atoms with E-state index in [0.29, 0.717) is 12.1 Å². The highest BCUT2D eigenvalue weighted by molar-refractivity contribution is 9.10. The molecule has 0 aliphatic heterocycles.